The molecule has 0 aliphatic carbocycles. The summed E-state index contributed by atoms with van der Waals surface area (Å²) in [6.07, 6.45) is 5.16. The van der Waals surface area contributed by atoms with Crippen molar-refractivity contribution in [2.75, 3.05) is 5.32 Å². The van der Waals surface area contributed by atoms with E-state index in [2.05, 4.69) is 15.3 Å². The van der Waals surface area contributed by atoms with Crippen molar-refractivity contribution in [2.45, 2.75) is 6.92 Å². The minimum absolute atomic E-state index is 0.119. The summed E-state index contributed by atoms with van der Waals surface area (Å²) in [6.45, 7) is 1.80. The number of benzene rings is 1. The SMILES string of the molecule is CC(=Cc1cccs1)C(=O)Nc1ccc2nccnc2c1. The normalized spacial score (nSPS) is 11.6. The van der Waals surface area contributed by atoms with Crippen LogP contribution in [-0.2, 0) is 4.79 Å². The predicted molar refractivity (Wildman–Crippen MR) is 86.1 cm³/mol. The first-order valence-electron chi connectivity index (χ1n) is 6.46. The van der Waals surface area contributed by atoms with Crippen LogP contribution in [0.3, 0.4) is 0 Å². The van der Waals surface area contributed by atoms with Crippen molar-refractivity contribution in [3.8, 4) is 0 Å². The first-order chi connectivity index (χ1) is 10.2. The van der Waals surface area contributed by atoms with Gasteiger partial charge in [0, 0.05) is 28.5 Å². The second-order valence-corrected chi connectivity index (χ2v) is 5.54. The third-order valence-electron chi connectivity index (χ3n) is 2.99. The van der Waals surface area contributed by atoms with Crippen LogP contribution in [0.2, 0.25) is 0 Å². The van der Waals surface area contributed by atoms with E-state index in [1.54, 1.807) is 30.7 Å². The second kappa shape index (κ2) is 5.85. The van der Waals surface area contributed by atoms with Crippen LogP contribution in [0.5, 0.6) is 0 Å². The molecule has 0 bridgehead atoms. The average molecular weight is 295 g/mol. The number of amides is 1. The van der Waals surface area contributed by atoms with Gasteiger partial charge in [0.25, 0.3) is 5.91 Å². The quantitative estimate of drug-likeness (QED) is 0.749. The molecule has 3 rings (SSSR count). The highest BCUT2D eigenvalue weighted by molar-refractivity contribution is 7.10. The van der Waals surface area contributed by atoms with Crippen LogP contribution < -0.4 is 5.32 Å². The van der Waals surface area contributed by atoms with Gasteiger partial charge in [-0.25, -0.2) is 0 Å². The van der Waals surface area contributed by atoms with Gasteiger partial charge in [-0.2, -0.15) is 0 Å². The van der Waals surface area contributed by atoms with Gasteiger partial charge in [0.2, 0.25) is 0 Å². The molecule has 104 valence electrons. The molecule has 3 aromatic rings. The molecular formula is C16H13N3OS. The van der Waals surface area contributed by atoms with E-state index in [0.29, 0.717) is 11.3 Å². The zero-order chi connectivity index (χ0) is 14.7. The van der Waals surface area contributed by atoms with Crippen molar-refractivity contribution in [1.29, 1.82) is 0 Å². The molecule has 1 N–H and O–H groups in total. The van der Waals surface area contributed by atoms with Gasteiger partial charge in [-0.05, 0) is 42.6 Å². The molecule has 21 heavy (non-hydrogen) atoms. The molecule has 0 unspecified atom stereocenters. The number of nitrogens with one attached hydrogen (secondary N) is 1. The summed E-state index contributed by atoms with van der Waals surface area (Å²) in [5.74, 6) is -0.119. The van der Waals surface area contributed by atoms with Crippen molar-refractivity contribution in [3.05, 3.63) is 58.6 Å². The Hall–Kier alpha value is -2.53. The van der Waals surface area contributed by atoms with Crippen molar-refractivity contribution in [3.63, 3.8) is 0 Å². The molecule has 4 nitrogen and oxygen atoms in total. The Morgan fingerprint density at radius 2 is 2.00 bits per heavy atom. The van der Waals surface area contributed by atoms with Crippen LogP contribution in [0.1, 0.15) is 11.8 Å². The van der Waals surface area contributed by atoms with E-state index < -0.39 is 0 Å². The molecule has 0 saturated heterocycles. The van der Waals surface area contributed by atoms with E-state index in [0.717, 1.165) is 15.9 Å². The monoisotopic (exact) mass is 295 g/mol. The van der Waals surface area contributed by atoms with E-state index in [1.807, 2.05) is 41.8 Å². The molecule has 1 aromatic carbocycles. The maximum atomic E-state index is 12.2. The number of hydrogen-bond donors (Lipinski definition) is 1. The number of fused-ring (bicyclic) bond motifs is 1. The van der Waals surface area contributed by atoms with E-state index in [1.165, 1.54) is 0 Å². The van der Waals surface area contributed by atoms with Gasteiger partial charge in [-0.15, -0.1) is 11.3 Å². The molecule has 0 saturated carbocycles. The third-order valence-corrected chi connectivity index (χ3v) is 3.81. The topological polar surface area (TPSA) is 54.9 Å². The lowest BCUT2D eigenvalue weighted by molar-refractivity contribution is -0.112. The molecule has 0 fully saturated rings. The molecule has 0 spiro atoms. The first-order valence-corrected chi connectivity index (χ1v) is 7.34. The van der Waals surface area contributed by atoms with Crippen molar-refractivity contribution in [2.24, 2.45) is 0 Å². The Labute approximate surface area is 126 Å². The highest BCUT2D eigenvalue weighted by atomic mass is 32.1. The molecule has 5 heteroatoms. The number of carbonyl (C=O) groups excluding carboxylic acids is 1. The van der Waals surface area contributed by atoms with Gasteiger partial charge in [-0.3, -0.25) is 14.8 Å². The fourth-order valence-electron chi connectivity index (χ4n) is 1.92. The Morgan fingerprint density at radius 3 is 2.76 bits per heavy atom. The van der Waals surface area contributed by atoms with Crippen molar-refractivity contribution in [1.82, 2.24) is 9.97 Å². The molecule has 0 aliphatic heterocycles. The summed E-state index contributed by atoms with van der Waals surface area (Å²) < 4.78 is 0. The number of rotatable bonds is 3. The number of anilines is 1. The lowest BCUT2D eigenvalue weighted by Gasteiger charge is -2.06. The minimum Gasteiger partial charge on any atom is -0.322 e. The number of carbonyl (C=O) groups is 1. The van der Waals surface area contributed by atoms with Crippen LogP contribution in [0.4, 0.5) is 5.69 Å². The van der Waals surface area contributed by atoms with Crippen LogP contribution in [0, 0.1) is 0 Å². The van der Waals surface area contributed by atoms with Gasteiger partial charge < -0.3 is 5.32 Å². The molecule has 1 amide bonds. The number of nitrogens with zero attached hydrogens (tertiary/aromatic N) is 2. The summed E-state index contributed by atoms with van der Waals surface area (Å²) in [6, 6.07) is 9.43. The van der Waals surface area contributed by atoms with E-state index in [-0.39, 0.29) is 5.91 Å². The summed E-state index contributed by atoms with van der Waals surface area (Å²) in [5.41, 5.74) is 2.94. The molecular weight excluding hydrogens is 282 g/mol. The molecule has 0 radical (unpaired) electrons. The summed E-state index contributed by atoms with van der Waals surface area (Å²) in [5, 5.41) is 4.86. The lowest BCUT2D eigenvalue weighted by atomic mass is 10.2. The fraction of sp³-hybridized carbons (Fsp3) is 0.0625. The minimum atomic E-state index is -0.119. The Morgan fingerprint density at radius 1 is 1.19 bits per heavy atom. The molecule has 0 aliphatic rings. The number of thiophene rings is 1. The molecule has 0 atom stereocenters. The third kappa shape index (κ3) is 3.14. The fourth-order valence-corrected chi connectivity index (χ4v) is 2.64. The van der Waals surface area contributed by atoms with E-state index in [4.69, 9.17) is 0 Å². The molecule has 2 heterocycles. The highest BCUT2D eigenvalue weighted by Crippen LogP contribution is 2.17. The average Bonchev–Trinajstić information content (AvgIpc) is 3.00. The molecule has 2 aromatic heterocycles. The van der Waals surface area contributed by atoms with Gasteiger partial charge in [0.15, 0.2) is 0 Å². The summed E-state index contributed by atoms with van der Waals surface area (Å²) >= 11 is 1.60. The first kappa shape index (κ1) is 13.5. The zero-order valence-corrected chi connectivity index (χ0v) is 12.2. The predicted octanol–water partition coefficient (Wildman–Crippen LogP) is 3.73. The van der Waals surface area contributed by atoms with E-state index in [9.17, 15) is 4.79 Å². The van der Waals surface area contributed by atoms with Crippen LogP contribution in [-0.4, -0.2) is 15.9 Å². The Kier molecular flexibility index (Phi) is 3.75. The van der Waals surface area contributed by atoms with Gasteiger partial charge in [-0.1, -0.05) is 6.07 Å². The van der Waals surface area contributed by atoms with Gasteiger partial charge in [0.1, 0.15) is 0 Å². The number of hydrogen-bond acceptors (Lipinski definition) is 4. The van der Waals surface area contributed by atoms with Crippen molar-refractivity contribution < 1.29 is 4.79 Å². The van der Waals surface area contributed by atoms with Gasteiger partial charge >= 0.3 is 0 Å². The lowest BCUT2D eigenvalue weighted by Crippen LogP contribution is -2.12. The summed E-state index contributed by atoms with van der Waals surface area (Å²) in [4.78, 5) is 21.7. The maximum absolute atomic E-state index is 12.2. The zero-order valence-electron chi connectivity index (χ0n) is 11.4. The smallest absolute Gasteiger partial charge is 0.251 e. The Bertz CT molecular complexity index is 809. The van der Waals surface area contributed by atoms with Crippen LogP contribution >= 0.6 is 11.3 Å². The second-order valence-electron chi connectivity index (χ2n) is 4.56. The van der Waals surface area contributed by atoms with Gasteiger partial charge in [0.05, 0.1) is 11.0 Å². The van der Waals surface area contributed by atoms with Crippen molar-refractivity contribution >= 4 is 40.0 Å². The van der Waals surface area contributed by atoms with E-state index >= 15 is 0 Å². The Balaban J connectivity index is 1.79. The highest BCUT2D eigenvalue weighted by Gasteiger charge is 2.06. The van der Waals surface area contributed by atoms with Crippen LogP contribution in [0.15, 0.2) is 53.7 Å². The van der Waals surface area contributed by atoms with Crippen LogP contribution in [0.25, 0.3) is 17.1 Å². The summed E-state index contributed by atoms with van der Waals surface area (Å²) in [7, 11) is 0. The largest absolute Gasteiger partial charge is 0.322 e. The standard InChI is InChI=1S/C16H13N3OS/c1-11(9-13-3-2-8-21-13)16(20)19-12-4-5-14-15(10-12)18-7-6-17-14/h2-10H,1H3,(H,19,20). The maximum Gasteiger partial charge on any atom is 0.251 e. The number of aromatic nitrogens is 2.